The Morgan fingerprint density at radius 2 is 1.61 bits per heavy atom. The third kappa shape index (κ3) is 6.22. The fraction of sp³-hybridized carbons (Fsp3) is 0.267. The molecular weight excluding hydrogens is 486 g/mol. The van der Waals surface area contributed by atoms with Gasteiger partial charge in [-0.2, -0.15) is 0 Å². The van der Waals surface area contributed by atoms with Crippen LogP contribution in [0.5, 0.6) is 11.5 Å². The first-order chi connectivity index (χ1) is 18.2. The van der Waals surface area contributed by atoms with Gasteiger partial charge in [-0.3, -0.25) is 10.1 Å². The fourth-order valence-corrected chi connectivity index (χ4v) is 3.99. The van der Waals surface area contributed by atoms with E-state index < -0.39 is 18.1 Å². The predicted molar refractivity (Wildman–Crippen MR) is 146 cm³/mol. The summed E-state index contributed by atoms with van der Waals surface area (Å²) in [5, 5.41) is 21.8. The van der Waals surface area contributed by atoms with Crippen LogP contribution in [0.4, 0.5) is 0 Å². The second-order valence-electron chi connectivity index (χ2n) is 8.97. The summed E-state index contributed by atoms with van der Waals surface area (Å²) in [5.41, 5.74) is 4.59. The topological polar surface area (TPSA) is 114 Å². The molecule has 0 saturated heterocycles. The number of ether oxygens (including phenoxy) is 3. The number of carbonyl (C=O) groups is 2. The molecule has 1 atom stereocenters. The maximum absolute atomic E-state index is 11.7. The lowest BCUT2D eigenvalue weighted by Crippen LogP contribution is -2.52. The number of carboxylic acids is 1. The van der Waals surface area contributed by atoms with Crippen molar-refractivity contribution in [2.75, 3.05) is 27.9 Å². The Labute approximate surface area is 222 Å². The van der Waals surface area contributed by atoms with Crippen LogP contribution in [0.1, 0.15) is 39.5 Å². The van der Waals surface area contributed by atoms with Crippen LogP contribution < -0.4 is 14.8 Å². The summed E-state index contributed by atoms with van der Waals surface area (Å²) < 4.78 is 15.9. The van der Waals surface area contributed by atoms with E-state index in [4.69, 9.17) is 14.2 Å². The van der Waals surface area contributed by atoms with E-state index in [1.54, 1.807) is 12.1 Å². The third-order valence-electron chi connectivity index (χ3n) is 6.52. The number of hydrogen-bond donors (Lipinski definition) is 3. The molecule has 0 fully saturated rings. The van der Waals surface area contributed by atoms with Gasteiger partial charge in [-0.1, -0.05) is 42.5 Å². The zero-order chi connectivity index (χ0) is 27.9. The number of aliphatic carboxylic acids is 1. The Hall–Kier alpha value is -4.14. The van der Waals surface area contributed by atoms with Gasteiger partial charge < -0.3 is 24.4 Å². The molecule has 3 N–H and O–H groups in total. The molecule has 0 heterocycles. The van der Waals surface area contributed by atoms with Gasteiger partial charge in [0.2, 0.25) is 0 Å². The van der Waals surface area contributed by atoms with Gasteiger partial charge in [-0.05, 0) is 65.9 Å². The van der Waals surface area contributed by atoms with Gasteiger partial charge >= 0.3 is 11.9 Å². The van der Waals surface area contributed by atoms with E-state index in [2.05, 4.69) is 5.32 Å². The minimum Gasteiger partial charge on any atom is -0.496 e. The van der Waals surface area contributed by atoms with Gasteiger partial charge in [-0.25, -0.2) is 4.79 Å². The van der Waals surface area contributed by atoms with Crippen molar-refractivity contribution >= 4 is 24.1 Å². The molecule has 0 radical (unpaired) electrons. The van der Waals surface area contributed by atoms with Crippen molar-refractivity contribution in [3.05, 3.63) is 82.4 Å². The first-order valence-electron chi connectivity index (χ1n) is 12.0. The smallest absolute Gasteiger partial charge is 0.337 e. The van der Waals surface area contributed by atoms with Crippen LogP contribution in [0.2, 0.25) is 0 Å². The summed E-state index contributed by atoms with van der Waals surface area (Å²) in [4.78, 5) is 23.3. The monoisotopic (exact) mass is 519 g/mol. The first kappa shape index (κ1) is 28.4. The van der Waals surface area contributed by atoms with E-state index in [1.807, 2.05) is 61.5 Å². The molecule has 0 aromatic heterocycles. The van der Waals surface area contributed by atoms with Crippen molar-refractivity contribution < 1.29 is 34.0 Å². The average Bonchev–Trinajstić information content (AvgIpc) is 2.94. The molecule has 0 aliphatic rings. The highest BCUT2D eigenvalue weighted by Gasteiger charge is 2.32. The largest absolute Gasteiger partial charge is 0.496 e. The van der Waals surface area contributed by atoms with Gasteiger partial charge in [0.05, 0.1) is 33.5 Å². The lowest BCUT2D eigenvalue weighted by atomic mass is 9.95. The van der Waals surface area contributed by atoms with E-state index >= 15 is 0 Å². The molecular formula is C30H33NO7. The maximum atomic E-state index is 11.7. The molecule has 3 aromatic carbocycles. The Kier molecular flexibility index (Phi) is 9.28. The minimum atomic E-state index is -1.50. The van der Waals surface area contributed by atoms with E-state index in [0.29, 0.717) is 22.6 Å². The van der Waals surface area contributed by atoms with Crippen molar-refractivity contribution in [3.8, 4) is 22.6 Å². The molecule has 38 heavy (non-hydrogen) atoms. The molecule has 0 aliphatic heterocycles. The molecule has 0 spiro atoms. The molecule has 0 bridgehead atoms. The number of benzene rings is 3. The van der Waals surface area contributed by atoms with Crippen molar-refractivity contribution in [3.63, 3.8) is 0 Å². The lowest BCUT2D eigenvalue weighted by molar-refractivity contribution is -0.145. The van der Waals surface area contributed by atoms with E-state index in [-0.39, 0.29) is 12.5 Å². The standard InChI is InChI=1S/C30H33NO7/c1-19-21(7-6-8-24(19)22-11-13-23(14-12-22)28(33)38-5)10-9-20-15-26(36-3)25(27(16-20)37-4)17-31-30(2,18-32)29(34)35/h6-16,31-32H,17-18H2,1-5H3,(H,34,35). The summed E-state index contributed by atoms with van der Waals surface area (Å²) in [6, 6.07) is 17.0. The van der Waals surface area contributed by atoms with Crippen LogP contribution in [-0.2, 0) is 16.1 Å². The molecule has 8 heteroatoms. The Balaban J connectivity index is 1.90. The number of methoxy groups -OCH3 is 3. The molecule has 200 valence electrons. The Morgan fingerprint density at radius 1 is 0.974 bits per heavy atom. The first-order valence-corrected chi connectivity index (χ1v) is 12.0. The zero-order valence-corrected chi connectivity index (χ0v) is 22.2. The Morgan fingerprint density at radius 3 is 2.13 bits per heavy atom. The summed E-state index contributed by atoms with van der Waals surface area (Å²) in [5.74, 6) is -0.479. The number of esters is 1. The summed E-state index contributed by atoms with van der Waals surface area (Å²) in [6.45, 7) is 3.01. The zero-order valence-electron chi connectivity index (χ0n) is 22.2. The highest BCUT2D eigenvalue weighted by molar-refractivity contribution is 5.90. The van der Waals surface area contributed by atoms with E-state index in [1.165, 1.54) is 28.3 Å². The summed E-state index contributed by atoms with van der Waals surface area (Å²) in [6.07, 6.45) is 3.95. The van der Waals surface area contributed by atoms with Crippen LogP contribution in [0.15, 0.2) is 54.6 Å². The molecule has 8 nitrogen and oxygen atoms in total. The number of nitrogens with one attached hydrogen (secondary N) is 1. The fourth-order valence-electron chi connectivity index (χ4n) is 3.99. The average molecular weight is 520 g/mol. The maximum Gasteiger partial charge on any atom is 0.337 e. The van der Waals surface area contributed by atoms with Gasteiger partial charge in [-0.15, -0.1) is 0 Å². The lowest BCUT2D eigenvalue weighted by Gasteiger charge is -2.25. The van der Waals surface area contributed by atoms with Crippen molar-refractivity contribution in [2.24, 2.45) is 0 Å². The predicted octanol–water partition coefficient (Wildman–Crippen LogP) is 4.56. The molecule has 0 saturated carbocycles. The van der Waals surface area contributed by atoms with Gasteiger partial charge in [0, 0.05) is 12.1 Å². The van der Waals surface area contributed by atoms with Crippen LogP contribution in [0, 0.1) is 6.92 Å². The number of carboxylic acid groups (broad SMARTS) is 1. The van der Waals surface area contributed by atoms with Gasteiger partial charge in [0.1, 0.15) is 17.0 Å². The second kappa shape index (κ2) is 12.4. The SMILES string of the molecule is COC(=O)c1ccc(-c2cccc(C=Cc3cc(OC)c(CNC(C)(CO)C(=O)O)c(OC)c3)c2C)cc1. The molecule has 1 unspecified atom stereocenters. The van der Waals surface area contributed by atoms with Crippen molar-refractivity contribution in [1.82, 2.24) is 5.32 Å². The summed E-state index contributed by atoms with van der Waals surface area (Å²) >= 11 is 0. The Bertz CT molecular complexity index is 1310. The molecule has 0 aliphatic carbocycles. The van der Waals surface area contributed by atoms with Crippen LogP contribution in [-0.4, -0.2) is 55.6 Å². The van der Waals surface area contributed by atoms with Gasteiger partial charge in [0.25, 0.3) is 0 Å². The quantitative estimate of drug-likeness (QED) is 0.250. The van der Waals surface area contributed by atoms with Crippen LogP contribution in [0.3, 0.4) is 0 Å². The van der Waals surface area contributed by atoms with Crippen LogP contribution in [0.25, 0.3) is 23.3 Å². The normalized spacial score (nSPS) is 12.7. The summed E-state index contributed by atoms with van der Waals surface area (Å²) in [7, 11) is 4.43. The van der Waals surface area contributed by atoms with Crippen molar-refractivity contribution in [1.29, 1.82) is 0 Å². The number of rotatable bonds is 11. The molecule has 3 aromatic rings. The van der Waals surface area contributed by atoms with Gasteiger partial charge in [0.15, 0.2) is 0 Å². The number of hydrogen-bond acceptors (Lipinski definition) is 7. The number of aliphatic hydroxyl groups is 1. The van der Waals surface area contributed by atoms with E-state index in [0.717, 1.165) is 27.8 Å². The minimum absolute atomic E-state index is 0.121. The number of aliphatic hydroxyl groups excluding tert-OH is 1. The molecule has 3 rings (SSSR count). The molecule has 0 amide bonds. The number of carbonyl (C=O) groups excluding carboxylic acids is 1. The highest BCUT2D eigenvalue weighted by atomic mass is 16.5. The second-order valence-corrected chi connectivity index (χ2v) is 8.97. The van der Waals surface area contributed by atoms with Crippen molar-refractivity contribution in [2.45, 2.75) is 25.9 Å². The van der Waals surface area contributed by atoms with Crippen LogP contribution >= 0.6 is 0 Å². The third-order valence-corrected chi connectivity index (χ3v) is 6.52. The highest BCUT2D eigenvalue weighted by Crippen LogP contribution is 2.33. The van der Waals surface area contributed by atoms with E-state index in [9.17, 15) is 19.8 Å².